The van der Waals surface area contributed by atoms with Crippen LogP contribution in [-0.2, 0) is 6.54 Å². The SMILES string of the molecule is CCCCCCCCCCCCCCC[n+]1cccc(C)c1C. The van der Waals surface area contributed by atoms with Crippen LogP contribution in [0.3, 0.4) is 0 Å². The minimum Gasteiger partial charge on any atom is -0.202 e. The second-order valence-corrected chi connectivity index (χ2v) is 7.21. The van der Waals surface area contributed by atoms with Crippen molar-refractivity contribution in [1.29, 1.82) is 0 Å². The van der Waals surface area contributed by atoms with Crippen molar-refractivity contribution >= 4 is 0 Å². The molecule has 1 heteroatoms. The van der Waals surface area contributed by atoms with E-state index in [4.69, 9.17) is 0 Å². The van der Waals surface area contributed by atoms with Gasteiger partial charge >= 0.3 is 0 Å². The lowest BCUT2D eigenvalue weighted by Gasteiger charge is -2.04. The van der Waals surface area contributed by atoms with Crippen LogP contribution in [-0.4, -0.2) is 0 Å². The van der Waals surface area contributed by atoms with Gasteiger partial charge in [-0.05, 0) is 19.4 Å². The molecule has 0 aromatic carbocycles. The second kappa shape index (κ2) is 13.6. The molecule has 1 aromatic rings. The fourth-order valence-corrected chi connectivity index (χ4v) is 3.29. The van der Waals surface area contributed by atoms with Crippen LogP contribution in [0.5, 0.6) is 0 Å². The van der Waals surface area contributed by atoms with Crippen LogP contribution in [0.1, 0.15) is 102 Å². The molecule has 0 spiro atoms. The maximum absolute atomic E-state index is 2.41. The van der Waals surface area contributed by atoms with Crippen LogP contribution in [0.4, 0.5) is 0 Å². The first kappa shape index (κ1) is 20.2. The van der Waals surface area contributed by atoms with Crippen LogP contribution in [0.25, 0.3) is 0 Å². The van der Waals surface area contributed by atoms with Crippen LogP contribution >= 0.6 is 0 Å². The molecule has 23 heavy (non-hydrogen) atoms. The molecular weight excluding hydrogens is 278 g/mol. The average molecular weight is 319 g/mol. The Hall–Kier alpha value is -0.850. The zero-order valence-electron chi connectivity index (χ0n) is 16.1. The zero-order chi connectivity index (χ0) is 16.8. The summed E-state index contributed by atoms with van der Waals surface area (Å²) in [5.74, 6) is 0. The number of unbranched alkanes of at least 4 members (excludes halogenated alkanes) is 12. The van der Waals surface area contributed by atoms with Gasteiger partial charge in [0.1, 0.15) is 6.54 Å². The van der Waals surface area contributed by atoms with Crippen molar-refractivity contribution < 1.29 is 4.57 Å². The maximum Gasteiger partial charge on any atom is 0.181 e. The molecule has 1 rings (SSSR count). The third-order valence-corrected chi connectivity index (χ3v) is 5.12. The third-order valence-electron chi connectivity index (χ3n) is 5.12. The number of pyridine rings is 1. The number of aromatic nitrogens is 1. The summed E-state index contributed by atoms with van der Waals surface area (Å²) in [4.78, 5) is 0. The molecule has 1 nitrogen and oxygen atoms in total. The summed E-state index contributed by atoms with van der Waals surface area (Å²) in [5, 5.41) is 0. The predicted molar refractivity (Wildman–Crippen MR) is 102 cm³/mol. The molecule has 0 fully saturated rings. The molecule has 1 aromatic heterocycles. The summed E-state index contributed by atoms with van der Waals surface area (Å²) in [6, 6.07) is 4.38. The molecule has 0 N–H and O–H groups in total. The van der Waals surface area contributed by atoms with E-state index < -0.39 is 0 Å². The van der Waals surface area contributed by atoms with Gasteiger partial charge in [-0.1, -0.05) is 77.6 Å². The Morgan fingerprint density at radius 3 is 1.70 bits per heavy atom. The van der Waals surface area contributed by atoms with Gasteiger partial charge in [-0.3, -0.25) is 0 Å². The quantitative estimate of drug-likeness (QED) is 0.266. The number of hydrogen-bond acceptors (Lipinski definition) is 0. The molecule has 0 unspecified atom stereocenters. The average Bonchev–Trinajstić information content (AvgIpc) is 2.55. The minimum absolute atomic E-state index is 1.19. The Balaban J connectivity index is 1.87. The second-order valence-electron chi connectivity index (χ2n) is 7.21. The molecule has 0 atom stereocenters. The van der Waals surface area contributed by atoms with E-state index in [1.54, 1.807) is 0 Å². The Labute approximate surface area is 145 Å². The van der Waals surface area contributed by atoms with E-state index >= 15 is 0 Å². The van der Waals surface area contributed by atoms with Gasteiger partial charge in [0, 0.05) is 25.0 Å². The minimum atomic E-state index is 1.19. The molecular formula is C22H40N+. The lowest BCUT2D eigenvalue weighted by molar-refractivity contribution is -0.703. The van der Waals surface area contributed by atoms with Crippen LogP contribution in [0, 0.1) is 13.8 Å². The van der Waals surface area contributed by atoms with E-state index in [2.05, 4.69) is 43.7 Å². The van der Waals surface area contributed by atoms with Crippen molar-refractivity contribution in [2.45, 2.75) is 111 Å². The first-order valence-electron chi connectivity index (χ1n) is 10.2. The summed E-state index contributed by atoms with van der Waals surface area (Å²) in [7, 11) is 0. The molecule has 0 radical (unpaired) electrons. The van der Waals surface area contributed by atoms with Crippen molar-refractivity contribution in [3.8, 4) is 0 Å². The molecule has 0 amide bonds. The Bertz CT molecular complexity index is 397. The molecule has 0 aliphatic rings. The van der Waals surface area contributed by atoms with Crippen molar-refractivity contribution in [2.75, 3.05) is 0 Å². The van der Waals surface area contributed by atoms with Crippen molar-refractivity contribution in [1.82, 2.24) is 0 Å². The third kappa shape index (κ3) is 9.79. The highest BCUT2D eigenvalue weighted by Crippen LogP contribution is 2.12. The van der Waals surface area contributed by atoms with Crippen molar-refractivity contribution in [3.05, 3.63) is 29.6 Å². The molecule has 0 saturated heterocycles. The lowest BCUT2D eigenvalue weighted by atomic mass is 10.0. The number of nitrogens with zero attached hydrogens (tertiary/aromatic N) is 1. The zero-order valence-corrected chi connectivity index (χ0v) is 16.1. The molecule has 0 aliphatic heterocycles. The molecule has 0 saturated carbocycles. The smallest absolute Gasteiger partial charge is 0.181 e. The monoisotopic (exact) mass is 318 g/mol. The predicted octanol–water partition coefficient (Wildman–Crippen LogP) is 6.68. The van der Waals surface area contributed by atoms with Crippen molar-refractivity contribution in [2.24, 2.45) is 0 Å². The highest BCUT2D eigenvalue weighted by molar-refractivity contribution is 5.11. The van der Waals surface area contributed by atoms with Crippen molar-refractivity contribution in [3.63, 3.8) is 0 Å². The number of hydrogen-bond donors (Lipinski definition) is 0. The summed E-state index contributed by atoms with van der Waals surface area (Å²) < 4.78 is 2.41. The first-order chi connectivity index (χ1) is 11.3. The highest BCUT2D eigenvalue weighted by atomic mass is 14.9. The Morgan fingerprint density at radius 1 is 0.696 bits per heavy atom. The standard InChI is InChI=1S/C22H40N/c1-4-5-6-7-8-9-10-11-12-13-14-15-16-19-23-20-17-18-21(2)22(23)3/h17-18,20H,4-16,19H2,1-3H3/q+1. The Kier molecular flexibility index (Phi) is 11.9. The van der Waals surface area contributed by atoms with Gasteiger partial charge in [-0.25, -0.2) is 4.57 Å². The van der Waals surface area contributed by atoms with Gasteiger partial charge in [-0.15, -0.1) is 0 Å². The van der Waals surface area contributed by atoms with Gasteiger partial charge in [0.15, 0.2) is 11.9 Å². The van der Waals surface area contributed by atoms with Crippen LogP contribution in [0.15, 0.2) is 18.3 Å². The van der Waals surface area contributed by atoms with E-state index in [0.29, 0.717) is 0 Å². The van der Waals surface area contributed by atoms with Gasteiger partial charge < -0.3 is 0 Å². The lowest BCUT2D eigenvalue weighted by Crippen LogP contribution is -2.37. The van der Waals surface area contributed by atoms with E-state index in [9.17, 15) is 0 Å². The van der Waals surface area contributed by atoms with E-state index in [0.717, 1.165) is 0 Å². The summed E-state index contributed by atoms with van der Waals surface area (Å²) >= 11 is 0. The van der Waals surface area contributed by atoms with Gasteiger partial charge in [0.05, 0.1) is 0 Å². The van der Waals surface area contributed by atoms with Gasteiger partial charge in [0.2, 0.25) is 0 Å². The van der Waals surface area contributed by atoms with Crippen LogP contribution < -0.4 is 4.57 Å². The number of rotatable bonds is 14. The van der Waals surface area contributed by atoms with E-state index in [-0.39, 0.29) is 0 Å². The van der Waals surface area contributed by atoms with Crippen LogP contribution in [0.2, 0.25) is 0 Å². The summed E-state index contributed by atoms with van der Waals surface area (Å²) in [6.07, 6.45) is 20.8. The summed E-state index contributed by atoms with van der Waals surface area (Å²) in [6.45, 7) is 7.92. The molecule has 0 aliphatic carbocycles. The fraction of sp³-hybridized carbons (Fsp3) is 0.773. The van der Waals surface area contributed by atoms with Gasteiger partial charge in [-0.2, -0.15) is 0 Å². The maximum atomic E-state index is 2.41. The highest BCUT2D eigenvalue weighted by Gasteiger charge is 2.06. The largest absolute Gasteiger partial charge is 0.202 e. The fourth-order valence-electron chi connectivity index (χ4n) is 3.29. The topological polar surface area (TPSA) is 3.88 Å². The summed E-state index contributed by atoms with van der Waals surface area (Å²) in [5.41, 5.74) is 2.83. The number of aryl methyl sites for hydroxylation is 2. The van der Waals surface area contributed by atoms with E-state index in [1.807, 2.05) is 0 Å². The van der Waals surface area contributed by atoms with Gasteiger partial charge in [0.25, 0.3) is 0 Å². The first-order valence-corrected chi connectivity index (χ1v) is 10.2. The molecule has 132 valence electrons. The Morgan fingerprint density at radius 2 is 1.17 bits per heavy atom. The molecule has 0 bridgehead atoms. The molecule has 1 heterocycles. The van der Waals surface area contributed by atoms with E-state index in [1.165, 1.54) is 101 Å². The normalized spacial score (nSPS) is 11.1.